The Morgan fingerprint density at radius 1 is 1.05 bits per heavy atom. The highest BCUT2D eigenvalue weighted by Crippen LogP contribution is 2.45. The summed E-state index contributed by atoms with van der Waals surface area (Å²) in [5.74, 6) is 1.36. The van der Waals surface area contributed by atoms with Crippen LogP contribution < -0.4 is 4.90 Å². The highest BCUT2D eigenvalue weighted by atomic mass is 16.3. The number of amides is 1. The number of aliphatic hydroxyl groups excluding tert-OH is 1. The first-order chi connectivity index (χ1) is 20.7. The molecule has 1 amide bonds. The molecule has 220 valence electrons. The highest BCUT2D eigenvalue weighted by molar-refractivity contribution is 5.78. The van der Waals surface area contributed by atoms with Crippen molar-refractivity contribution >= 4 is 11.7 Å². The summed E-state index contributed by atoms with van der Waals surface area (Å²) in [6.45, 7) is 7.84. The summed E-state index contributed by atoms with van der Waals surface area (Å²) in [4.78, 5) is 26.8. The second-order valence-corrected chi connectivity index (χ2v) is 12.9. The first kappa shape index (κ1) is 28.7. The molecule has 3 aliphatic rings. The Balaban J connectivity index is 1.38. The molecule has 2 aliphatic carbocycles. The molecule has 1 atom stereocenters. The van der Waals surface area contributed by atoms with E-state index in [1.807, 2.05) is 23.1 Å². The molecule has 0 bridgehead atoms. The van der Waals surface area contributed by atoms with E-state index in [1.54, 1.807) is 12.3 Å². The van der Waals surface area contributed by atoms with Gasteiger partial charge in [0, 0.05) is 54.2 Å². The predicted molar refractivity (Wildman–Crippen MR) is 161 cm³/mol. The number of aliphatic hydroxyl groups is 1. The molecule has 0 radical (unpaired) electrons. The van der Waals surface area contributed by atoms with Crippen molar-refractivity contribution in [3.8, 4) is 34.7 Å². The van der Waals surface area contributed by atoms with Crippen LogP contribution in [0.1, 0.15) is 81.3 Å². The van der Waals surface area contributed by atoms with Crippen LogP contribution in [0.15, 0.2) is 30.5 Å². The quantitative estimate of drug-likeness (QED) is 0.435. The third-order valence-corrected chi connectivity index (χ3v) is 8.63. The maximum atomic E-state index is 12.7. The van der Waals surface area contributed by atoms with Crippen LogP contribution in [0.2, 0.25) is 0 Å². The zero-order valence-electron chi connectivity index (χ0n) is 24.9. The summed E-state index contributed by atoms with van der Waals surface area (Å²) in [5, 5.41) is 38.2. The Morgan fingerprint density at radius 2 is 1.81 bits per heavy atom. The van der Waals surface area contributed by atoms with E-state index < -0.39 is 0 Å². The Labute approximate surface area is 252 Å². The fourth-order valence-electron chi connectivity index (χ4n) is 5.96. The van der Waals surface area contributed by atoms with Crippen LogP contribution in [-0.4, -0.2) is 68.4 Å². The number of nitrogens with zero attached hydrogens (tertiary/aromatic N) is 8. The van der Waals surface area contributed by atoms with E-state index in [-0.39, 0.29) is 36.3 Å². The summed E-state index contributed by atoms with van der Waals surface area (Å²) < 4.78 is 0. The minimum atomic E-state index is -0.192. The standard InChI is InChI=1S/C33H36N8O2/c1-33(2,3)28-9-8-22(16-34)30(37-28)24-15-26(39-36-18-24)25-14-23(17-35)32(38-31(25)21-6-7-21)40-11-12-41(29(43)10-13-42)27(19-40)20-4-5-20/h8-9,14-15,18,20-21,27,42H,4-7,10-13,19H2,1-3H3/t27-/m0/s1. The Morgan fingerprint density at radius 3 is 2.47 bits per heavy atom. The number of piperazine rings is 1. The van der Waals surface area contributed by atoms with Gasteiger partial charge in [-0.3, -0.25) is 9.78 Å². The number of hydrogen-bond acceptors (Lipinski definition) is 9. The minimum Gasteiger partial charge on any atom is -0.396 e. The fourth-order valence-corrected chi connectivity index (χ4v) is 5.96. The molecule has 10 nitrogen and oxygen atoms in total. The topological polar surface area (TPSA) is 143 Å². The Bertz CT molecular complexity index is 1640. The van der Waals surface area contributed by atoms with Gasteiger partial charge in [0.2, 0.25) is 5.91 Å². The number of pyridine rings is 2. The van der Waals surface area contributed by atoms with Crippen LogP contribution in [0, 0.1) is 28.6 Å². The number of hydrogen-bond donors (Lipinski definition) is 1. The fraction of sp³-hybridized carbons (Fsp3) is 0.485. The van der Waals surface area contributed by atoms with Crippen molar-refractivity contribution in [1.29, 1.82) is 10.5 Å². The van der Waals surface area contributed by atoms with E-state index >= 15 is 0 Å². The maximum Gasteiger partial charge on any atom is 0.225 e. The van der Waals surface area contributed by atoms with Crippen LogP contribution in [0.25, 0.3) is 22.5 Å². The number of carbonyl (C=O) groups is 1. The summed E-state index contributed by atoms with van der Waals surface area (Å²) in [7, 11) is 0. The number of rotatable bonds is 7. The van der Waals surface area contributed by atoms with Crippen LogP contribution in [-0.2, 0) is 10.2 Å². The molecule has 0 unspecified atom stereocenters. The summed E-state index contributed by atoms with van der Waals surface area (Å²) in [6.07, 6.45) is 5.96. The van der Waals surface area contributed by atoms with Crippen molar-refractivity contribution < 1.29 is 9.90 Å². The van der Waals surface area contributed by atoms with E-state index in [0.717, 1.165) is 42.6 Å². The lowest BCUT2D eigenvalue weighted by atomic mass is 9.90. The van der Waals surface area contributed by atoms with Crippen LogP contribution >= 0.6 is 0 Å². The summed E-state index contributed by atoms with van der Waals surface area (Å²) in [5.41, 5.74) is 5.12. The zero-order chi connectivity index (χ0) is 30.3. The van der Waals surface area contributed by atoms with Crippen molar-refractivity contribution in [2.75, 3.05) is 31.1 Å². The molecule has 1 N–H and O–H groups in total. The lowest BCUT2D eigenvalue weighted by Crippen LogP contribution is -2.56. The average Bonchev–Trinajstić information content (AvgIpc) is 3.93. The van der Waals surface area contributed by atoms with Gasteiger partial charge in [-0.25, -0.2) is 4.98 Å². The lowest BCUT2D eigenvalue weighted by molar-refractivity contribution is -0.135. The van der Waals surface area contributed by atoms with Gasteiger partial charge >= 0.3 is 0 Å². The first-order valence-corrected chi connectivity index (χ1v) is 15.1. The third kappa shape index (κ3) is 5.80. The third-order valence-electron chi connectivity index (χ3n) is 8.63. The smallest absolute Gasteiger partial charge is 0.225 e. The van der Waals surface area contributed by atoms with E-state index in [9.17, 15) is 20.4 Å². The molecule has 1 saturated heterocycles. The van der Waals surface area contributed by atoms with E-state index in [1.165, 1.54) is 0 Å². The van der Waals surface area contributed by atoms with Gasteiger partial charge in [-0.1, -0.05) is 20.8 Å². The molecule has 0 aromatic carbocycles. The highest BCUT2D eigenvalue weighted by Gasteiger charge is 2.41. The van der Waals surface area contributed by atoms with Gasteiger partial charge in [0.1, 0.15) is 18.0 Å². The Hall–Kier alpha value is -4.41. The molecular weight excluding hydrogens is 540 g/mol. The molecule has 3 aromatic heterocycles. The largest absolute Gasteiger partial charge is 0.396 e. The zero-order valence-corrected chi connectivity index (χ0v) is 24.9. The Kier molecular flexibility index (Phi) is 7.57. The van der Waals surface area contributed by atoms with Gasteiger partial charge in [-0.15, -0.1) is 0 Å². The predicted octanol–water partition coefficient (Wildman–Crippen LogP) is 4.33. The molecule has 10 heteroatoms. The van der Waals surface area contributed by atoms with Crippen molar-refractivity contribution in [3.63, 3.8) is 0 Å². The molecule has 2 saturated carbocycles. The molecule has 3 aromatic rings. The minimum absolute atomic E-state index is 0.0120. The first-order valence-electron chi connectivity index (χ1n) is 15.1. The monoisotopic (exact) mass is 576 g/mol. The maximum absolute atomic E-state index is 12.7. The summed E-state index contributed by atoms with van der Waals surface area (Å²) in [6, 6.07) is 12.1. The van der Waals surface area contributed by atoms with Gasteiger partial charge in [0.25, 0.3) is 0 Å². The van der Waals surface area contributed by atoms with Crippen molar-refractivity contribution in [1.82, 2.24) is 25.1 Å². The average molecular weight is 577 g/mol. The SMILES string of the molecule is CC(C)(C)c1ccc(C#N)c(-c2cnnc(-c3cc(C#N)c(N4CCN(C(=O)CCO)[C@H](C5CC5)C4)nc3C3CC3)c2)n1. The second-order valence-electron chi connectivity index (χ2n) is 12.9. The van der Waals surface area contributed by atoms with Crippen LogP contribution in [0.5, 0.6) is 0 Å². The molecule has 3 fully saturated rings. The van der Waals surface area contributed by atoms with Gasteiger partial charge in [0.05, 0.1) is 47.1 Å². The van der Waals surface area contributed by atoms with Crippen LogP contribution in [0.4, 0.5) is 5.82 Å². The van der Waals surface area contributed by atoms with E-state index in [2.05, 4.69) is 48.0 Å². The normalized spacial score (nSPS) is 18.7. The molecular formula is C33H36N8O2. The van der Waals surface area contributed by atoms with Gasteiger partial charge in [-0.05, 0) is 55.9 Å². The molecule has 1 aliphatic heterocycles. The molecule has 43 heavy (non-hydrogen) atoms. The van der Waals surface area contributed by atoms with E-state index in [0.29, 0.717) is 59.4 Å². The van der Waals surface area contributed by atoms with Gasteiger partial charge < -0.3 is 14.9 Å². The second kappa shape index (κ2) is 11.3. The van der Waals surface area contributed by atoms with Gasteiger partial charge in [-0.2, -0.15) is 20.7 Å². The summed E-state index contributed by atoms with van der Waals surface area (Å²) >= 11 is 0. The van der Waals surface area contributed by atoms with E-state index in [4.69, 9.17) is 9.97 Å². The number of aromatic nitrogens is 4. The van der Waals surface area contributed by atoms with Crippen LogP contribution in [0.3, 0.4) is 0 Å². The lowest BCUT2D eigenvalue weighted by Gasteiger charge is -2.42. The number of nitriles is 2. The van der Waals surface area contributed by atoms with Crippen molar-refractivity contribution in [2.45, 2.75) is 70.3 Å². The number of carbonyl (C=O) groups excluding carboxylic acids is 1. The molecule has 4 heterocycles. The molecule has 6 rings (SSSR count). The van der Waals surface area contributed by atoms with Crippen molar-refractivity contribution in [3.05, 3.63) is 53.0 Å². The van der Waals surface area contributed by atoms with Gasteiger partial charge in [0.15, 0.2) is 0 Å². The molecule has 0 spiro atoms. The number of anilines is 1. The van der Waals surface area contributed by atoms with Crippen molar-refractivity contribution in [2.24, 2.45) is 5.92 Å².